The van der Waals surface area contributed by atoms with Crippen molar-refractivity contribution >= 4 is 28.3 Å². The van der Waals surface area contributed by atoms with Crippen molar-refractivity contribution < 1.29 is 9.59 Å². The summed E-state index contributed by atoms with van der Waals surface area (Å²) in [5.74, 6) is -0.117. The van der Waals surface area contributed by atoms with Crippen LogP contribution in [0.1, 0.15) is 11.8 Å². The van der Waals surface area contributed by atoms with Gasteiger partial charge in [-0.25, -0.2) is 4.98 Å². The number of carbonyl (C=O) groups is 2. The number of hydrogen-bond acceptors (Lipinski definition) is 4. The van der Waals surface area contributed by atoms with Gasteiger partial charge in [0.1, 0.15) is 0 Å². The molecule has 16 heavy (non-hydrogen) atoms. The Morgan fingerprint density at radius 2 is 2.25 bits per heavy atom. The van der Waals surface area contributed by atoms with E-state index < -0.39 is 0 Å². The van der Waals surface area contributed by atoms with Crippen LogP contribution in [0.2, 0.25) is 0 Å². The van der Waals surface area contributed by atoms with Crippen LogP contribution >= 0.6 is 11.3 Å². The number of rotatable bonds is 2. The van der Waals surface area contributed by atoms with Crippen LogP contribution in [0.5, 0.6) is 0 Å². The lowest BCUT2D eigenvalue weighted by molar-refractivity contribution is -0.139. The summed E-state index contributed by atoms with van der Waals surface area (Å²) in [4.78, 5) is 29.4. The van der Waals surface area contributed by atoms with Gasteiger partial charge < -0.3 is 10.2 Å². The number of aryl methyl sites for hydroxylation is 1. The number of thiazole rings is 1. The molecular formula is C10H13N3O2S. The Kier molecular flexibility index (Phi) is 2.91. The average Bonchev–Trinajstić information content (AvgIpc) is 2.47. The second-order valence-corrected chi connectivity index (χ2v) is 5.12. The molecule has 0 atom stereocenters. The van der Waals surface area contributed by atoms with Crippen LogP contribution in [-0.2, 0) is 9.59 Å². The van der Waals surface area contributed by atoms with Gasteiger partial charge in [0.2, 0.25) is 11.8 Å². The molecule has 1 aliphatic heterocycles. The minimum atomic E-state index is -0.0897. The maximum Gasteiger partial charge on any atom is 0.232 e. The molecule has 2 amide bonds. The highest BCUT2D eigenvalue weighted by atomic mass is 32.1. The maximum atomic E-state index is 11.7. The number of aromatic nitrogens is 1. The van der Waals surface area contributed by atoms with Crippen molar-refractivity contribution in [3.8, 4) is 0 Å². The van der Waals surface area contributed by atoms with E-state index in [0.717, 1.165) is 4.88 Å². The summed E-state index contributed by atoms with van der Waals surface area (Å²) in [7, 11) is 0. The van der Waals surface area contributed by atoms with Gasteiger partial charge in [0.25, 0.3) is 0 Å². The smallest absolute Gasteiger partial charge is 0.232 e. The fourth-order valence-electron chi connectivity index (χ4n) is 1.52. The van der Waals surface area contributed by atoms with E-state index in [9.17, 15) is 9.59 Å². The highest BCUT2D eigenvalue weighted by Gasteiger charge is 2.34. The number of hydrogen-bond donors (Lipinski definition) is 1. The highest BCUT2D eigenvalue weighted by molar-refractivity contribution is 7.15. The summed E-state index contributed by atoms with van der Waals surface area (Å²) in [5.41, 5.74) is 0. The molecule has 86 valence electrons. The van der Waals surface area contributed by atoms with Crippen LogP contribution in [-0.4, -0.2) is 34.8 Å². The minimum absolute atomic E-state index is 0.0224. The number of likely N-dealkylation sites (tertiary alicyclic amines) is 1. The van der Waals surface area contributed by atoms with Crippen LogP contribution in [0.3, 0.4) is 0 Å². The summed E-state index contributed by atoms with van der Waals surface area (Å²) < 4.78 is 0. The zero-order valence-corrected chi connectivity index (χ0v) is 10.0. The molecule has 0 spiro atoms. The monoisotopic (exact) mass is 239 g/mol. The van der Waals surface area contributed by atoms with Gasteiger partial charge in [-0.15, -0.1) is 11.3 Å². The fraction of sp³-hybridized carbons (Fsp3) is 0.500. The molecule has 2 heterocycles. The number of nitrogens with zero attached hydrogens (tertiary/aromatic N) is 2. The molecule has 1 fully saturated rings. The van der Waals surface area contributed by atoms with E-state index in [2.05, 4.69) is 10.3 Å². The van der Waals surface area contributed by atoms with E-state index in [1.54, 1.807) is 11.1 Å². The van der Waals surface area contributed by atoms with Crippen LogP contribution < -0.4 is 5.32 Å². The molecule has 0 saturated carbocycles. The summed E-state index contributed by atoms with van der Waals surface area (Å²) in [6.45, 7) is 4.49. The molecule has 1 N–H and O–H groups in total. The SMILES string of the molecule is CC(=O)N1CC(C(=O)Nc2ncc(C)s2)C1. The van der Waals surface area contributed by atoms with Crippen molar-refractivity contribution in [2.45, 2.75) is 13.8 Å². The van der Waals surface area contributed by atoms with Crippen molar-refractivity contribution in [1.29, 1.82) is 0 Å². The van der Waals surface area contributed by atoms with Crippen molar-refractivity contribution in [3.05, 3.63) is 11.1 Å². The number of amides is 2. The Hall–Kier alpha value is -1.43. The molecule has 1 saturated heterocycles. The van der Waals surface area contributed by atoms with Crippen LogP contribution in [0, 0.1) is 12.8 Å². The first-order valence-corrected chi connectivity index (χ1v) is 5.86. The molecule has 0 radical (unpaired) electrons. The van der Waals surface area contributed by atoms with Gasteiger partial charge in [0.05, 0.1) is 5.92 Å². The number of carbonyl (C=O) groups excluding carboxylic acids is 2. The first kappa shape index (κ1) is 11.1. The predicted octanol–water partition coefficient (Wildman–Crippen LogP) is 0.868. The number of nitrogens with one attached hydrogen (secondary N) is 1. The molecule has 1 aromatic rings. The van der Waals surface area contributed by atoms with Crippen molar-refractivity contribution in [2.24, 2.45) is 5.92 Å². The lowest BCUT2D eigenvalue weighted by Crippen LogP contribution is -2.53. The molecule has 5 nitrogen and oxygen atoms in total. The highest BCUT2D eigenvalue weighted by Crippen LogP contribution is 2.20. The third-order valence-electron chi connectivity index (χ3n) is 2.55. The average molecular weight is 239 g/mol. The third kappa shape index (κ3) is 2.21. The molecule has 0 aliphatic carbocycles. The first-order chi connectivity index (χ1) is 7.56. The van der Waals surface area contributed by atoms with E-state index in [1.807, 2.05) is 6.92 Å². The molecule has 1 aromatic heterocycles. The van der Waals surface area contributed by atoms with Gasteiger partial charge in [-0.1, -0.05) is 0 Å². The Morgan fingerprint density at radius 3 is 2.75 bits per heavy atom. The third-order valence-corrected chi connectivity index (χ3v) is 3.38. The topological polar surface area (TPSA) is 62.3 Å². The molecule has 0 unspecified atom stereocenters. The molecule has 2 rings (SSSR count). The summed E-state index contributed by atoms with van der Waals surface area (Å²) in [6, 6.07) is 0. The first-order valence-electron chi connectivity index (χ1n) is 5.05. The van der Waals surface area contributed by atoms with Gasteiger partial charge in [0.15, 0.2) is 5.13 Å². The molecule has 0 bridgehead atoms. The van der Waals surface area contributed by atoms with E-state index in [4.69, 9.17) is 0 Å². The Bertz CT molecular complexity index is 423. The fourth-order valence-corrected chi connectivity index (χ4v) is 2.19. The van der Waals surface area contributed by atoms with E-state index in [-0.39, 0.29) is 17.7 Å². The second kappa shape index (κ2) is 4.21. The van der Waals surface area contributed by atoms with Crippen molar-refractivity contribution in [3.63, 3.8) is 0 Å². The predicted molar refractivity (Wildman–Crippen MR) is 61.2 cm³/mol. The minimum Gasteiger partial charge on any atom is -0.341 e. The van der Waals surface area contributed by atoms with E-state index in [0.29, 0.717) is 18.2 Å². The molecule has 1 aliphatic rings. The quantitative estimate of drug-likeness (QED) is 0.833. The normalized spacial score (nSPS) is 15.8. The zero-order valence-electron chi connectivity index (χ0n) is 9.19. The van der Waals surface area contributed by atoms with E-state index >= 15 is 0 Å². The molecule has 0 aromatic carbocycles. The Balaban J connectivity index is 1.84. The molecular weight excluding hydrogens is 226 g/mol. The van der Waals surface area contributed by atoms with Crippen LogP contribution in [0.25, 0.3) is 0 Å². The summed E-state index contributed by atoms with van der Waals surface area (Å²) in [6.07, 6.45) is 1.73. The lowest BCUT2D eigenvalue weighted by Gasteiger charge is -2.37. The number of anilines is 1. The Labute approximate surface area is 97.5 Å². The van der Waals surface area contributed by atoms with Crippen LogP contribution in [0.4, 0.5) is 5.13 Å². The van der Waals surface area contributed by atoms with Crippen LogP contribution in [0.15, 0.2) is 6.20 Å². The van der Waals surface area contributed by atoms with Gasteiger partial charge in [0, 0.05) is 31.1 Å². The largest absolute Gasteiger partial charge is 0.341 e. The second-order valence-electron chi connectivity index (χ2n) is 3.89. The van der Waals surface area contributed by atoms with Gasteiger partial charge >= 0.3 is 0 Å². The van der Waals surface area contributed by atoms with Gasteiger partial charge in [-0.05, 0) is 6.92 Å². The summed E-state index contributed by atoms with van der Waals surface area (Å²) in [5, 5.41) is 3.38. The summed E-state index contributed by atoms with van der Waals surface area (Å²) >= 11 is 1.45. The lowest BCUT2D eigenvalue weighted by atomic mass is 9.99. The van der Waals surface area contributed by atoms with E-state index in [1.165, 1.54) is 18.3 Å². The van der Waals surface area contributed by atoms with Crippen molar-refractivity contribution in [2.75, 3.05) is 18.4 Å². The Morgan fingerprint density at radius 1 is 1.56 bits per heavy atom. The van der Waals surface area contributed by atoms with Gasteiger partial charge in [-0.3, -0.25) is 9.59 Å². The van der Waals surface area contributed by atoms with Crippen molar-refractivity contribution in [1.82, 2.24) is 9.88 Å². The zero-order chi connectivity index (χ0) is 11.7. The van der Waals surface area contributed by atoms with Gasteiger partial charge in [-0.2, -0.15) is 0 Å². The maximum absolute atomic E-state index is 11.7. The standard InChI is InChI=1S/C10H13N3O2S/c1-6-3-11-10(16-6)12-9(15)8-4-13(5-8)7(2)14/h3,8H,4-5H2,1-2H3,(H,11,12,15). The molecule has 6 heteroatoms.